The molecule has 0 spiro atoms. The first kappa shape index (κ1) is 19.1. The zero-order valence-electron chi connectivity index (χ0n) is 14.9. The summed E-state index contributed by atoms with van der Waals surface area (Å²) >= 11 is 0. The molecule has 0 saturated carbocycles. The minimum atomic E-state index is 0.0762. The molecular weight excluding hydrogens is 274 g/mol. The van der Waals surface area contributed by atoms with E-state index in [1.54, 1.807) is 0 Å². The van der Waals surface area contributed by atoms with Gasteiger partial charge in [-0.05, 0) is 20.3 Å². The van der Waals surface area contributed by atoms with Gasteiger partial charge in [0.25, 0.3) is 0 Å². The Labute approximate surface area is 136 Å². The summed E-state index contributed by atoms with van der Waals surface area (Å²) in [5.41, 5.74) is 3.88. The van der Waals surface area contributed by atoms with Crippen LogP contribution in [0.25, 0.3) is 0 Å². The summed E-state index contributed by atoms with van der Waals surface area (Å²) in [4.78, 5) is 14.2. The molecule has 0 unspecified atom stereocenters. The second-order valence-corrected chi connectivity index (χ2v) is 6.71. The number of hydrazone groups is 1. The highest BCUT2D eigenvalue weighted by Gasteiger charge is 2.17. The van der Waals surface area contributed by atoms with Gasteiger partial charge in [-0.15, -0.1) is 0 Å². The van der Waals surface area contributed by atoms with Crippen LogP contribution < -0.4 is 5.43 Å². The lowest BCUT2D eigenvalue weighted by atomic mass is 10.1. The minimum absolute atomic E-state index is 0.0762. The highest BCUT2D eigenvalue weighted by Crippen LogP contribution is 2.10. The van der Waals surface area contributed by atoms with E-state index in [9.17, 15) is 4.79 Å². The van der Waals surface area contributed by atoms with Crippen LogP contribution in [-0.2, 0) is 4.79 Å². The Morgan fingerprint density at radius 3 is 2.27 bits per heavy atom. The van der Waals surface area contributed by atoms with E-state index < -0.39 is 0 Å². The van der Waals surface area contributed by atoms with Gasteiger partial charge in [0.1, 0.15) is 0 Å². The van der Waals surface area contributed by atoms with Crippen LogP contribution in [0.4, 0.5) is 0 Å². The van der Waals surface area contributed by atoms with Crippen LogP contribution >= 0.6 is 0 Å². The van der Waals surface area contributed by atoms with Crippen molar-refractivity contribution in [1.29, 1.82) is 0 Å². The lowest BCUT2D eigenvalue weighted by Crippen LogP contribution is -2.39. The number of unbranched alkanes of at least 4 members (excludes halogenated alkanes) is 6. The second kappa shape index (κ2) is 11.6. The maximum atomic E-state index is 11.8. The van der Waals surface area contributed by atoms with Crippen molar-refractivity contribution >= 4 is 11.6 Å². The van der Waals surface area contributed by atoms with Crippen molar-refractivity contribution in [3.63, 3.8) is 0 Å². The number of nitrogens with one attached hydrogen (secondary N) is 1. The predicted molar refractivity (Wildman–Crippen MR) is 94.1 cm³/mol. The van der Waals surface area contributed by atoms with Gasteiger partial charge in [-0.2, -0.15) is 5.10 Å². The van der Waals surface area contributed by atoms with Crippen molar-refractivity contribution in [2.45, 2.75) is 91.0 Å². The number of piperidine rings is 1. The fourth-order valence-electron chi connectivity index (χ4n) is 2.85. The summed E-state index contributed by atoms with van der Waals surface area (Å²) in [6.07, 6.45) is 11.3. The van der Waals surface area contributed by atoms with Crippen molar-refractivity contribution in [2.75, 3.05) is 13.1 Å². The third-order valence-electron chi connectivity index (χ3n) is 4.45. The largest absolute Gasteiger partial charge is 0.300 e. The Morgan fingerprint density at radius 2 is 1.68 bits per heavy atom. The molecule has 4 nitrogen and oxygen atoms in total. The van der Waals surface area contributed by atoms with Gasteiger partial charge in [0, 0.05) is 44.1 Å². The van der Waals surface area contributed by atoms with Gasteiger partial charge in [0.2, 0.25) is 5.91 Å². The maximum absolute atomic E-state index is 11.8. The number of hydrogen-bond acceptors (Lipinski definition) is 3. The monoisotopic (exact) mass is 309 g/mol. The van der Waals surface area contributed by atoms with E-state index in [1.807, 2.05) is 0 Å². The Bertz CT molecular complexity index is 329. The topological polar surface area (TPSA) is 44.7 Å². The van der Waals surface area contributed by atoms with Crippen LogP contribution in [0.3, 0.4) is 0 Å². The lowest BCUT2D eigenvalue weighted by Gasteiger charge is -2.30. The van der Waals surface area contributed by atoms with Crippen molar-refractivity contribution in [2.24, 2.45) is 5.10 Å². The molecule has 1 amide bonds. The van der Waals surface area contributed by atoms with Crippen LogP contribution in [0.5, 0.6) is 0 Å². The Morgan fingerprint density at radius 1 is 1.09 bits per heavy atom. The smallest absolute Gasteiger partial charge is 0.240 e. The van der Waals surface area contributed by atoms with Gasteiger partial charge in [0.15, 0.2) is 0 Å². The predicted octanol–water partition coefficient (Wildman–Crippen LogP) is 4.10. The van der Waals surface area contributed by atoms with Crippen molar-refractivity contribution in [1.82, 2.24) is 10.3 Å². The number of carbonyl (C=O) groups excluding carboxylic acids is 1. The van der Waals surface area contributed by atoms with Crippen molar-refractivity contribution in [3.05, 3.63) is 0 Å². The molecule has 0 aromatic rings. The quantitative estimate of drug-likeness (QED) is 0.487. The summed E-state index contributed by atoms with van der Waals surface area (Å²) in [7, 11) is 0. The molecule has 4 heteroatoms. The number of nitrogens with zero attached hydrogens (tertiary/aromatic N) is 2. The molecule has 0 atom stereocenters. The Balaban J connectivity index is 2.04. The number of likely N-dealkylation sites (tertiary alicyclic amines) is 1. The molecule has 0 bridgehead atoms. The molecular formula is C18H35N3O. The molecule has 1 rings (SSSR count). The molecule has 128 valence electrons. The first-order valence-corrected chi connectivity index (χ1v) is 9.21. The summed E-state index contributed by atoms with van der Waals surface area (Å²) < 4.78 is 0. The minimum Gasteiger partial charge on any atom is -0.300 e. The number of rotatable bonds is 10. The zero-order chi connectivity index (χ0) is 16.2. The normalized spacial score (nSPS) is 16.1. The summed E-state index contributed by atoms with van der Waals surface area (Å²) in [5, 5.41) is 4.31. The molecule has 1 N–H and O–H groups in total. The third kappa shape index (κ3) is 8.52. The van der Waals surface area contributed by atoms with Gasteiger partial charge >= 0.3 is 0 Å². The Kier molecular flexibility index (Phi) is 10.1. The highest BCUT2D eigenvalue weighted by molar-refractivity contribution is 5.87. The van der Waals surface area contributed by atoms with Crippen LogP contribution in [0.2, 0.25) is 0 Å². The van der Waals surface area contributed by atoms with Crippen molar-refractivity contribution < 1.29 is 4.79 Å². The second-order valence-electron chi connectivity index (χ2n) is 6.71. The average Bonchev–Trinajstić information content (AvgIpc) is 2.52. The first-order valence-electron chi connectivity index (χ1n) is 9.21. The van der Waals surface area contributed by atoms with E-state index in [0.717, 1.165) is 44.5 Å². The van der Waals surface area contributed by atoms with Crippen LogP contribution in [0.15, 0.2) is 5.10 Å². The molecule has 1 saturated heterocycles. The first-order chi connectivity index (χ1) is 10.6. The van der Waals surface area contributed by atoms with Gasteiger partial charge < -0.3 is 4.90 Å². The average molecular weight is 309 g/mol. The van der Waals surface area contributed by atoms with Crippen LogP contribution in [-0.4, -0.2) is 35.7 Å². The fraction of sp³-hybridized carbons (Fsp3) is 0.889. The molecule has 0 aromatic carbocycles. The molecule has 0 aromatic heterocycles. The van der Waals surface area contributed by atoms with Gasteiger partial charge in [0.05, 0.1) is 0 Å². The van der Waals surface area contributed by atoms with E-state index in [4.69, 9.17) is 0 Å². The fourth-order valence-corrected chi connectivity index (χ4v) is 2.85. The number of carbonyl (C=O) groups is 1. The lowest BCUT2D eigenvalue weighted by molar-refractivity contribution is -0.121. The molecule has 1 fully saturated rings. The maximum Gasteiger partial charge on any atom is 0.240 e. The number of hydrogen-bond donors (Lipinski definition) is 1. The van der Waals surface area contributed by atoms with Gasteiger partial charge in [-0.25, -0.2) is 5.43 Å². The van der Waals surface area contributed by atoms with Gasteiger partial charge in [-0.3, -0.25) is 4.79 Å². The zero-order valence-corrected chi connectivity index (χ0v) is 14.9. The number of amides is 1. The highest BCUT2D eigenvalue weighted by atomic mass is 16.2. The molecule has 1 aliphatic rings. The van der Waals surface area contributed by atoms with Crippen molar-refractivity contribution in [3.8, 4) is 0 Å². The molecule has 1 aliphatic heterocycles. The standard InChI is InChI=1S/C18H35N3O/c1-4-5-6-7-8-9-10-11-18(22)20-19-17-12-14-21(15-13-17)16(2)3/h16H,4-15H2,1-3H3,(H,20,22). The van der Waals surface area contributed by atoms with E-state index >= 15 is 0 Å². The van der Waals surface area contributed by atoms with Crippen LogP contribution in [0.1, 0.15) is 85.0 Å². The van der Waals surface area contributed by atoms with Crippen LogP contribution in [0, 0.1) is 0 Å². The molecule has 1 heterocycles. The Hall–Kier alpha value is -0.900. The van der Waals surface area contributed by atoms with E-state index in [2.05, 4.69) is 36.2 Å². The third-order valence-corrected chi connectivity index (χ3v) is 4.45. The summed E-state index contributed by atoms with van der Waals surface area (Å²) in [6.45, 7) is 8.81. The van der Waals surface area contributed by atoms with Gasteiger partial charge in [-0.1, -0.05) is 45.4 Å². The van der Waals surface area contributed by atoms with E-state index in [1.165, 1.54) is 32.1 Å². The summed E-state index contributed by atoms with van der Waals surface area (Å²) in [5.74, 6) is 0.0762. The molecule has 0 aliphatic carbocycles. The molecule has 22 heavy (non-hydrogen) atoms. The molecule has 0 radical (unpaired) electrons. The van der Waals surface area contributed by atoms with E-state index in [0.29, 0.717) is 12.5 Å². The van der Waals surface area contributed by atoms with E-state index in [-0.39, 0.29) is 5.91 Å². The SMILES string of the molecule is CCCCCCCCCC(=O)NN=C1CCN(C(C)C)CC1. The summed E-state index contributed by atoms with van der Waals surface area (Å²) in [6, 6.07) is 0.605.